The van der Waals surface area contributed by atoms with Crippen molar-refractivity contribution in [1.82, 2.24) is 0 Å². The Balaban J connectivity index is 2.39. The predicted molar refractivity (Wildman–Crippen MR) is 73.3 cm³/mol. The Hall–Kier alpha value is -1.20. The van der Waals surface area contributed by atoms with Crippen LogP contribution < -0.4 is 5.32 Å². The van der Waals surface area contributed by atoms with Gasteiger partial charge in [0.2, 0.25) is 0 Å². The second-order valence-corrected chi connectivity index (χ2v) is 5.05. The minimum atomic E-state index is 0.604. The van der Waals surface area contributed by atoms with Crippen LogP contribution >= 0.6 is 11.6 Å². The molecule has 17 heavy (non-hydrogen) atoms. The van der Waals surface area contributed by atoms with Crippen molar-refractivity contribution in [1.29, 1.82) is 5.26 Å². The molecule has 0 aromatic heterocycles. The molecule has 0 bridgehead atoms. The highest BCUT2D eigenvalue weighted by Gasteiger charge is 2.02. The van der Waals surface area contributed by atoms with Crippen LogP contribution in [0.25, 0.3) is 0 Å². The van der Waals surface area contributed by atoms with E-state index in [0.29, 0.717) is 10.6 Å². The molecule has 0 spiro atoms. The van der Waals surface area contributed by atoms with Crippen LogP contribution in [0.3, 0.4) is 0 Å². The van der Waals surface area contributed by atoms with E-state index in [0.717, 1.165) is 24.6 Å². The van der Waals surface area contributed by atoms with E-state index in [1.165, 1.54) is 12.8 Å². The Labute approximate surface area is 109 Å². The van der Waals surface area contributed by atoms with Crippen LogP contribution in [-0.2, 0) is 0 Å². The van der Waals surface area contributed by atoms with Crippen LogP contribution in [0.4, 0.5) is 5.69 Å². The van der Waals surface area contributed by atoms with E-state index < -0.39 is 0 Å². The Bertz CT molecular complexity index is 394. The van der Waals surface area contributed by atoms with Gasteiger partial charge in [-0.3, -0.25) is 0 Å². The van der Waals surface area contributed by atoms with Crippen molar-refractivity contribution >= 4 is 17.3 Å². The first kappa shape index (κ1) is 13.9. The van der Waals surface area contributed by atoms with Crippen molar-refractivity contribution < 1.29 is 0 Å². The normalized spacial score (nSPS) is 10.3. The molecule has 0 radical (unpaired) electrons. The molecule has 0 fully saturated rings. The lowest BCUT2D eigenvalue weighted by atomic mass is 10.1. The lowest BCUT2D eigenvalue weighted by Gasteiger charge is -2.09. The largest absolute Gasteiger partial charge is 0.384 e. The van der Waals surface area contributed by atoms with Crippen molar-refractivity contribution in [3.8, 4) is 6.07 Å². The SMILES string of the molecule is CC(C)CCCCNc1ccc(Cl)cc1C#N. The Morgan fingerprint density at radius 2 is 2.12 bits per heavy atom. The predicted octanol–water partition coefficient (Wildman–Crippen LogP) is 4.45. The van der Waals surface area contributed by atoms with Crippen LogP contribution in [0, 0.1) is 17.2 Å². The minimum absolute atomic E-state index is 0.604. The van der Waals surface area contributed by atoms with Gasteiger partial charge in [-0.05, 0) is 30.5 Å². The van der Waals surface area contributed by atoms with E-state index in [2.05, 4.69) is 25.2 Å². The van der Waals surface area contributed by atoms with Crippen LogP contribution in [0.5, 0.6) is 0 Å². The summed E-state index contributed by atoms with van der Waals surface area (Å²) in [5.74, 6) is 0.764. The fourth-order valence-electron chi connectivity index (χ4n) is 1.66. The first-order valence-corrected chi connectivity index (χ1v) is 6.45. The molecule has 2 nitrogen and oxygen atoms in total. The topological polar surface area (TPSA) is 35.8 Å². The highest BCUT2D eigenvalue weighted by Crippen LogP contribution is 2.19. The van der Waals surface area contributed by atoms with Crippen LogP contribution in [0.1, 0.15) is 38.7 Å². The summed E-state index contributed by atoms with van der Waals surface area (Å²) in [6.07, 6.45) is 3.61. The third-order valence-electron chi connectivity index (χ3n) is 2.63. The van der Waals surface area contributed by atoms with E-state index in [1.54, 1.807) is 12.1 Å². The second-order valence-electron chi connectivity index (χ2n) is 4.62. The van der Waals surface area contributed by atoms with Crippen molar-refractivity contribution in [2.45, 2.75) is 33.1 Å². The van der Waals surface area contributed by atoms with Gasteiger partial charge in [0.1, 0.15) is 6.07 Å². The molecule has 0 saturated carbocycles. The molecule has 3 heteroatoms. The number of benzene rings is 1. The van der Waals surface area contributed by atoms with Gasteiger partial charge in [-0.2, -0.15) is 5.26 Å². The highest BCUT2D eigenvalue weighted by molar-refractivity contribution is 6.30. The smallest absolute Gasteiger partial charge is 0.101 e. The van der Waals surface area contributed by atoms with Gasteiger partial charge in [-0.1, -0.05) is 38.3 Å². The minimum Gasteiger partial charge on any atom is -0.384 e. The molecule has 1 aromatic rings. The van der Waals surface area contributed by atoms with E-state index in [9.17, 15) is 0 Å². The van der Waals surface area contributed by atoms with E-state index in [-0.39, 0.29) is 0 Å². The Morgan fingerprint density at radius 1 is 1.35 bits per heavy atom. The quantitative estimate of drug-likeness (QED) is 0.757. The van der Waals surface area contributed by atoms with Crippen molar-refractivity contribution in [2.24, 2.45) is 5.92 Å². The average molecular weight is 251 g/mol. The van der Waals surface area contributed by atoms with Gasteiger partial charge < -0.3 is 5.32 Å². The molecule has 92 valence electrons. The van der Waals surface area contributed by atoms with Gasteiger partial charge >= 0.3 is 0 Å². The lowest BCUT2D eigenvalue weighted by Crippen LogP contribution is -2.03. The Kier molecular flexibility index (Phi) is 5.86. The summed E-state index contributed by atoms with van der Waals surface area (Å²) in [7, 11) is 0. The number of rotatable bonds is 6. The van der Waals surface area contributed by atoms with Crippen molar-refractivity contribution in [3.63, 3.8) is 0 Å². The van der Waals surface area contributed by atoms with Crippen LogP contribution in [0.15, 0.2) is 18.2 Å². The molecule has 1 N–H and O–H groups in total. The molecule has 1 aromatic carbocycles. The monoisotopic (exact) mass is 250 g/mol. The summed E-state index contributed by atoms with van der Waals surface area (Å²) in [4.78, 5) is 0. The zero-order chi connectivity index (χ0) is 12.7. The fourth-order valence-corrected chi connectivity index (χ4v) is 1.84. The third kappa shape index (κ3) is 5.10. The molecule has 0 aliphatic heterocycles. The lowest BCUT2D eigenvalue weighted by molar-refractivity contribution is 0.545. The first-order chi connectivity index (χ1) is 8.13. The van der Waals surface area contributed by atoms with Crippen LogP contribution in [-0.4, -0.2) is 6.54 Å². The van der Waals surface area contributed by atoms with Gasteiger partial charge in [0, 0.05) is 11.6 Å². The van der Waals surface area contributed by atoms with Gasteiger partial charge in [-0.25, -0.2) is 0 Å². The van der Waals surface area contributed by atoms with Gasteiger partial charge in [0.15, 0.2) is 0 Å². The fraction of sp³-hybridized carbons (Fsp3) is 0.500. The molecular weight excluding hydrogens is 232 g/mol. The maximum Gasteiger partial charge on any atom is 0.101 e. The summed E-state index contributed by atoms with van der Waals surface area (Å²) < 4.78 is 0. The zero-order valence-electron chi connectivity index (χ0n) is 10.5. The summed E-state index contributed by atoms with van der Waals surface area (Å²) in [6, 6.07) is 7.51. The second kappa shape index (κ2) is 7.19. The summed E-state index contributed by atoms with van der Waals surface area (Å²) in [5, 5.41) is 12.9. The van der Waals surface area contributed by atoms with Gasteiger partial charge in [0.05, 0.1) is 11.3 Å². The molecular formula is C14H19ClN2. The standard InChI is InChI=1S/C14H19ClN2/c1-11(2)5-3-4-8-17-14-7-6-13(15)9-12(14)10-16/h6-7,9,11,17H,3-5,8H2,1-2H3. The molecule has 0 amide bonds. The van der Waals surface area contributed by atoms with E-state index >= 15 is 0 Å². The number of nitrogens with one attached hydrogen (secondary N) is 1. The zero-order valence-corrected chi connectivity index (χ0v) is 11.2. The first-order valence-electron chi connectivity index (χ1n) is 6.07. The third-order valence-corrected chi connectivity index (χ3v) is 2.86. The molecule has 0 saturated heterocycles. The highest BCUT2D eigenvalue weighted by atomic mass is 35.5. The van der Waals surface area contributed by atoms with Crippen LogP contribution in [0.2, 0.25) is 5.02 Å². The molecule has 0 aliphatic rings. The number of nitriles is 1. The maximum atomic E-state index is 8.97. The average Bonchev–Trinajstić information content (AvgIpc) is 2.29. The van der Waals surface area contributed by atoms with Gasteiger partial charge in [-0.15, -0.1) is 0 Å². The number of hydrogen-bond donors (Lipinski definition) is 1. The number of hydrogen-bond acceptors (Lipinski definition) is 2. The molecule has 0 heterocycles. The summed E-state index contributed by atoms with van der Waals surface area (Å²) in [5.41, 5.74) is 1.49. The number of anilines is 1. The summed E-state index contributed by atoms with van der Waals surface area (Å²) >= 11 is 5.84. The van der Waals surface area contributed by atoms with Gasteiger partial charge in [0.25, 0.3) is 0 Å². The number of halogens is 1. The van der Waals surface area contributed by atoms with E-state index in [1.807, 2.05) is 6.07 Å². The Morgan fingerprint density at radius 3 is 2.76 bits per heavy atom. The van der Waals surface area contributed by atoms with Crippen molar-refractivity contribution in [3.05, 3.63) is 28.8 Å². The van der Waals surface area contributed by atoms with Crippen molar-refractivity contribution in [2.75, 3.05) is 11.9 Å². The number of unbranched alkanes of at least 4 members (excludes halogenated alkanes) is 1. The number of nitrogens with zero attached hydrogens (tertiary/aromatic N) is 1. The summed E-state index contributed by atoms with van der Waals surface area (Å²) in [6.45, 7) is 5.38. The maximum absolute atomic E-state index is 8.97. The molecule has 0 atom stereocenters. The van der Waals surface area contributed by atoms with E-state index in [4.69, 9.17) is 16.9 Å². The molecule has 0 aliphatic carbocycles. The molecule has 1 rings (SSSR count). The molecule has 0 unspecified atom stereocenters.